The molecule has 1 unspecified atom stereocenters. The second-order valence-electron chi connectivity index (χ2n) is 4.05. The van der Waals surface area contributed by atoms with E-state index < -0.39 is 16.1 Å². The Morgan fingerprint density at radius 2 is 2.11 bits per heavy atom. The van der Waals surface area contributed by atoms with Crippen LogP contribution in [0.15, 0.2) is 24.3 Å². The van der Waals surface area contributed by atoms with Gasteiger partial charge in [-0.15, -0.1) is 0 Å². The van der Waals surface area contributed by atoms with Gasteiger partial charge in [-0.3, -0.25) is 4.79 Å². The molecule has 0 radical (unpaired) electrons. The summed E-state index contributed by atoms with van der Waals surface area (Å²) >= 11 is 0. The average Bonchev–Trinajstić information content (AvgIpc) is 2.28. The van der Waals surface area contributed by atoms with Crippen molar-refractivity contribution in [2.24, 2.45) is 0 Å². The molecule has 2 rings (SSSR count). The Kier molecular flexibility index (Phi) is 3.53. The summed E-state index contributed by atoms with van der Waals surface area (Å²) in [7, 11) is -3.24. The molecule has 18 heavy (non-hydrogen) atoms. The predicted molar refractivity (Wildman–Crippen MR) is 67.0 cm³/mol. The monoisotopic (exact) mass is 270 g/mol. The summed E-state index contributed by atoms with van der Waals surface area (Å²) in [5.41, 5.74) is 0.634. The van der Waals surface area contributed by atoms with Gasteiger partial charge in [-0.25, -0.2) is 13.1 Å². The minimum Gasteiger partial charge on any atom is -0.478 e. The minimum atomic E-state index is -3.24. The van der Waals surface area contributed by atoms with Crippen molar-refractivity contribution in [1.29, 1.82) is 0 Å². The molecule has 0 saturated carbocycles. The summed E-state index contributed by atoms with van der Waals surface area (Å²) < 4.78 is 29.6. The lowest BCUT2D eigenvalue weighted by atomic mass is 10.2. The lowest BCUT2D eigenvalue weighted by molar-refractivity contribution is -0.123. The Balaban J connectivity index is 1.98. The average molecular weight is 270 g/mol. The Hall–Kier alpha value is -1.60. The van der Waals surface area contributed by atoms with Gasteiger partial charge in [0.1, 0.15) is 5.75 Å². The van der Waals surface area contributed by atoms with Crippen molar-refractivity contribution < 1.29 is 17.9 Å². The zero-order chi connectivity index (χ0) is 13.2. The number of hydrogen-bond acceptors (Lipinski definition) is 4. The SMILES string of the molecule is CS(=O)(=O)NCCC1Oc2ccccc2NC1=O. The number of amides is 1. The first-order valence-corrected chi connectivity index (χ1v) is 7.36. The van der Waals surface area contributed by atoms with Gasteiger partial charge in [0.15, 0.2) is 6.10 Å². The molecule has 1 atom stereocenters. The van der Waals surface area contributed by atoms with Crippen molar-refractivity contribution in [3.63, 3.8) is 0 Å². The third-order valence-corrected chi connectivity index (χ3v) is 3.21. The number of ether oxygens (including phenoxy) is 1. The highest BCUT2D eigenvalue weighted by atomic mass is 32.2. The number of anilines is 1. The number of benzene rings is 1. The lowest BCUT2D eigenvalue weighted by Gasteiger charge is -2.25. The summed E-state index contributed by atoms with van der Waals surface area (Å²) in [5, 5.41) is 2.72. The van der Waals surface area contributed by atoms with Crippen molar-refractivity contribution in [3.8, 4) is 5.75 Å². The standard InChI is InChI=1S/C11H14N2O4S/c1-18(15,16)12-7-6-10-11(14)13-8-4-2-3-5-9(8)17-10/h2-5,10,12H,6-7H2,1H3,(H,13,14). The van der Waals surface area contributed by atoms with Crippen LogP contribution >= 0.6 is 0 Å². The lowest BCUT2D eigenvalue weighted by Crippen LogP contribution is -2.39. The number of nitrogens with one attached hydrogen (secondary N) is 2. The van der Waals surface area contributed by atoms with Crippen LogP contribution in [-0.4, -0.2) is 33.2 Å². The molecule has 0 aromatic heterocycles. The normalized spacial score (nSPS) is 18.7. The Morgan fingerprint density at radius 1 is 1.39 bits per heavy atom. The molecule has 0 saturated heterocycles. The van der Waals surface area contributed by atoms with Gasteiger partial charge < -0.3 is 10.1 Å². The first-order valence-electron chi connectivity index (χ1n) is 5.47. The maximum Gasteiger partial charge on any atom is 0.265 e. The maximum atomic E-state index is 11.7. The first kappa shape index (κ1) is 12.8. The summed E-state index contributed by atoms with van der Waals surface area (Å²) in [6, 6.07) is 7.11. The molecule has 0 bridgehead atoms. The van der Waals surface area contributed by atoms with E-state index in [4.69, 9.17) is 4.74 Å². The van der Waals surface area contributed by atoms with Crippen LogP contribution in [0.2, 0.25) is 0 Å². The molecule has 1 aliphatic heterocycles. The Labute approximate surface area is 105 Å². The molecule has 2 N–H and O–H groups in total. The highest BCUT2D eigenvalue weighted by Crippen LogP contribution is 2.29. The van der Waals surface area contributed by atoms with Gasteiger partial charge in [0, 0.05) is 13.0 Å². The number of carbonyl (C=O) groups is 1. The van der Waals surface area contributed by atoms with E-state index in [1.54, 1.807) is 18.2 Å². The van der Waals surface area contributed by atoms with E-state index in [1.165, 1.54) is 0 Å². The van der Waals surface area contributed by atoms with Crippen molar-refractivity contribution in [3.05, 3.63) is 24.3 Å². The number of sulfonamides is 1. The third-order valence-electron chi connectivity index (χ3n) is 2.48. The van der Waals surface area contributed by atoms with Gasteiger partial charge in [0.05, 0.1) is 11.9 Å². The van der Waals surface area contributed by atoms with Crippen LogP contribution in [0.4, 0.5) is 5.69 Å². The molecule has 1 aromatic carbocycles. The molecule has 0 spiro atoms. The van der Waals surface area contributed by atoms with Crippen LogP contribution in [-0.2, 0) is 14.8 Å². The fourth-order valence-corrected chi connectivity index (χ4v) is 2.15. The maximum absolute atomic E-state index is 11.7. The summed E-state index contributed by atoms with van der Waals surface area (Å²) in [5.74, 6) is 0.338. The molecule has 1 amide bonds. The van der Waals surface area contributed by atoms with Gasteiger partial charge in [0.2, 0.25) is 10.0 Å². The second-order valence-corrected chi connectivity index (χ2v) is 5.88. The van der Waals surface area contributed by atoms with Crippen molar-refractivity contribution in [1.82, 2.24) is 4.72 Å². The Morgan fingerprint density at radius 3 is 2.83 bits per heavy atom. The molecule has 1 heterocycles. The van der Waals surface area contributed by atoms with E-state index in [0.29, 0.717) is 11.4 Å². The van der Waals surface area contributed by atoms with Crippen LogP contribution in [0.25, 0.3) is 0 Å². The van der Waals surface area contributed by atoms with Crippen LogP contribution in [0, 0.1) is 0 Å². The summed E-state index contributed by atoms with van der Waals surface area (Å²) in [6.45, 7) is 0.166. The number of rotatable bonds is 4. The highest BCUT2D eigenvalue weighted by molar-refractivity contribution is 7.88. The number of para-hydroxylation sites is 2. The van der Waals surface area contributed by atoms with Crippen molar-refractivity contribution in [2.75, 3.05) is 18.1 Å². The molecule has 98 valence electrons. The molecule has 7 heteroatoms. The first-order chi connectivity index (χ1) is 8.46. The molecule has 0 fully saturated rings. The van der Waals surface area contributed by atoms with E-state index in [2.05, 4.69) is 10.0 Å². The van der Waals surface area contributed by atoms with E-state index in [0.717, 1.165) is 6.26 Å². The quantitative estimate of drug-likeness (QED) is 0.825. The van der Waals surface area contributed by atoms with Gasteiger partial charge in [-0.1, -0.05) is 12.1 Å². The zero-order valence-corrected chi connectivity index (χ0v) is 10.7. The van der Waals surface area contributed by atoms with Gasteiger partial charge in [-0.2, -0.15) is 0 Å². The van der Waals surface area contributed by atoms with Gasteiger partial charge >= 0.3 is 0 Å². The van der Waals surface area contributed by atoms with Crippen LogP contribution < -0.4 is 14.8 Å². The Bertz CT molecular complexity index is 556. The van der Waals surface area contributed by atoms with Crippen LogP contribution in [0.1, 0.15) is 6.42 Å². The van der Waals surface area contributed by atoms with E-state index in [9.17, 15) is 13.2 Å². The molecular formula is C11H14N2O4S. The largest absolute Gasteiger partial charge is 0.478 e. The van der Waals surface area contributed by atoms with Crippen molar-refractivity contribution in [2.45, 2.75) is 12.5 Å². The zero-order valence-electron chi connectivity index (χ0n) is 9.84. The fourth-order valence-electron chi connectivity index (χ4n) is 1.66. The molecule has 0 aliphatic carbocycles. The summed E-state index contributed by atoms with van der Waals surface area (Å²) in [4.78, 5) is 11.7. The summed E-state index contributed by atoms with van der Waals surface area (Å²) in [6.07, 6.45) is 0.686. The van der Waals surface area contributed by atoms with Gasteiger partial charge in [-0.05, 0) is 12.1 Å². The van der Waals surface area contributed by atoms with Crippen LogP contribution in [0.5, 0.6) is 5.75 Å². The second kappa shape index (κ2) is 4.95. The number of hydrogen-bond donors (Lipinski definition) is 2. The third kappa shape index (κ3) is 3.21. The van der Waals surface area contributed by atoms with Crippen LogP contribution in [0.3, 0.4) is 0 Å². The van der Waals surface area contributed by atoms with E-state index in [-0.39, 0.29) is 18.9 Å². The topological polar surface area (TPSA) is 84.5 Å². The number of fused-ring (bicyclic) bond motifs is 1. The minimum absolute atomic E-state index is 0.166. The number of carbonyl (C=O) groups excluding carboxylic acids is 1. The van der Waals surface area contributed by atoms with Gasteiger partial charge in [0.25, 0.3) is 5.91 Å². The molecule has 6 nitrogen and oxygen atoms in total. The smallest absolute Gasteiger partial charge is 0.265 e. The van der Waals surface area contributed by atoms with E-state index >= 15 is 0 Å². The fraction of sp³-hybridized carbons (Fsp3) is 0.364. The van der Waals surface area contributed by atoms with E-state index in [1.807, 2.05) is 6.07 Å². The predicted octanol–water partition coefficient (Wildman–Crippen LogP) is 0.325. The van der Waals surface area contributed by atoms with Crippen molar-refractivity contribution >= 4 is 21.6 Å². The molecule has 1 aromatic rings. The molecular weight excluding hydrogens is 256 g/mol. The molecule has 1 aliphatic rings. The highest BCUT2D eigenvalue weighted by Gasteiger charge is 2.26.